The average Bonchev–Trinajstić information content (AvgIpc) is 2.74. The molecule has 100 valence electrons. The first-order valence-corrected chi connectivity index (χ1v) is 6.73. The van der Waals surface area contributed by atoms with E-state index in [9.17, 15) is 4.79 Å². The Labute approximate surface area is 112 Å². The second kappa shape index (κ2) is 5.05. The van der Waals surface area contributed by atoms with Gasteiger partial charge in [-0.05, 0) is 25.0 Å². The van der Waals surface area contributed by atoms with Gasteiger partial charge in [-0.2, -0.15) is 0 Å². The fourth-order valence-electron chi connectivity index (χ4n) is 2.67. The molecular weight excluding hydrogens is 240 g/mol. The first-order chi connectivity index (χ1) is 9.25. The Balaban J connectivity index is 1.88. The number of para-hydroxylation sites is 2. The highest BCUT2D eigenvalue weighted by Gasteiger charge is 2.30. The number of hydrogen-bond donors (Lipinski definition) is 1. The van der Waals surface area contributed by atoms with Gasteiger partial charge < -0.3 is 15.4 Å². The van der Waals surface area contributed by atoms with Gasteiger partial charge in [0, 0.05) is 12.6 Å². The highest BCUT2D eigenvalue weighted by molar-refractivity contribution is 5.97. The number of hydrogen-bond acceptors (Lipinski definition) is 3. The Hall–Kier alpha value is -1.81. The Morgan fingerprint density at radius 2 is 2.16 bits per heavy atom. The first kappa shape index (κ1) is 12.2. The Bertz CT molecular complexity index is 513. The minimum Gasteiger partial charge on any atom is -0.491 e. The van der Waals surface area contributed by atoms with E-state index < -0.39 is 0 Å². The van der Waals surface area contributed by atoms with Crippen LogP contribution < -0.4 is 15.4 Å². The van der Waals surface area contributed by atoms with Crippen LogP contribution in [-0.2, 0) is 4.79 Å². The third-order valence-electron chi connectivity index (χ3n) is 3.64. The highest BCUT2D eigenvalue weighted by Crippen LogP contribution is 2.32. The smallest absolute Gasteiger partial charge is 0.234 e. The van der Waals surface area contributed by atoms with Crippen molar-refractivity contribution in [3.63, 3.8) is 0 Å². The maximum absolute atomic E-state index is 12.6. The van der Waals surface area contributed by atoms with E-state index in [0.29, 0.717) is 19.6 Å². The van der Waals surface area contributed by atoms with Gasteiger partial charge in [0.05, 0.1) is 18.2 Å². The molecule has 0 saturated heterocycles. The molecule has 0 fully saturated rings. The van der Waals surface area contributed by atoms with Crippen LogP contribution in [-0.4, -0.2) is 25.1 Å². The summed E-state index contributed by atoms with van der Waals surface area (Å²) in [7, 11) is 0. The van der Waals surface area contributed by atoms with Crippen LogP contribution in [0.2, 0.25) is 0 Å². The molecule has 0 saturated carbocycles. The van der Waals surface area contributed by atoms with Gasteiger partial charge in [-0.25, -0.2) is 0 Å². The summed E-state index contributed by atoms with van der Waals surface area (Å²) in [6, 6.07) is 7.73. The lowest BCUT2D eigenvalue weighted by atomic mass is 10.1. The predicted molar refractivity (Wildman–Crippen MR) is 74.1 cm³/mol. The van der Waals surface area contributed by atoms with Crippen LogP contribution in [0.4, 0.5) is 5.69 Å². The maximum atomic E-state index is 12.6. The average molecular weight is 258 g/mol. The van der Waals surface area contributed by atoms with Crippen molar-refractivity contribution in [1.82, 2.24) is 0 Å². The molecule has 2 atom stereocenters. The summed E-state index contributed by atoms with van der Waals surface area (Å²) in [5, 5.41) is 0. The van der Waals surface area contributed by atoms with Crippen molar-refractivity contribution in [1.29, 1.82) is 0 Å². The van der Waals surface area contributed by atoms with Crippen molar-refractivity contribution >= 4 is 11.6 Å². The summed E-state index contributed by atoms with van der Waals surface area (Å²) in [6.45, 7) is 1.36. The molecule has 1 aromatic carbocycles. The molecule has 19 heavy (non-hydrogen) atoms. The lowest BCUT2D eigenvalue weighted by molar-refractivity contribution is -0.121. The Kier molecular flexibility index (Phi) is 3.25. The van der Waals surface area contributed by atoms with Crippen LogP contribution in [0.5, 0.6) is 5.75 Å². The van der Waals surface area contributed by atoms with Crippen LogP contribution in [0.25, 0.3) is 0 Å². The van der Waals surface area contributed by atoms with Gasteiger partial charge in [0.25, 0.3) is 0 Å². The molecular formula is C15H18N2O2. The van der Waals surface area contributed by atoms with Gasteiger partial charge in [0.1, 0.15) is 5.75 Å². The van der Waals surface area contributed by atoms with Crippen molar-refractivity contribution in [2.45, 2.75) is 18.9 Å². The second-order valence-corrected chi connectivity index (χ2v) is 5.05. The van der Waals surface area contributed by atoms with Crippen LogP contribution in [0.1, 0.15) is 12.8 Å². The highest BCUT2D eigenvalue weighted by atomic mass is 16.5. The summed E-state index contributed by atoms with van der Waals surface area (Å²) < 4.78 is 5.68. The standard InChI is InChI=1S/C15H18N2O2/c16-12-7-6-11(10-12)15(18)17-8-3-9-19-14-5-2-1-4-13(14)17/h1-2,4-7,11-12H,3,8-10,16H2. The quantitative estimate of drug-likeness (QED) is 0.780. The summed E-state index contributed by atoms with van der Waals surface area (Å²) in [5.74, 6) is 0.822. The van der Waals surface area contributed by atoms with E-state index in [4.69, 9.17) is 10.5 Å². The van der Waals surface area contributed by atoms with Crippen LogP contribution >= 0.6 is 0 Å². The van der Waals surface area contributed by atoms with Crippen LogP contribution in [0.3, 0.4) is 0 Å². The minimum atomic E-state index is -0.0962. The molecule has 0 spiro atoms. The predicted octanol–water partition coefficient (Wildman–Crippen LogP) is 1.71. The first-order valence-electron chi connectivity index (χ1n) is 6.73. The third kappa shape index (κ3) is 2.36. The number of anilines is 1. The fraction of sp³-hybridized carbons (Fsp3) is 0.400. The monoisotopic (exact) mass is 258 g/mol. The molecule has 0 aromatic heterocycles. The number of benzene rings is 1. The van der Waals surface area contributed by atoms with Gasteiger partial charge >= 0.3 is 0 Å². The number of fused-ring (bicyclic) bond motifs is 1. The molecule has 2 unspecified atom stereocenters. The van der Waals surface area contributed by atoms with Crippen molar-refractivity contribution in [3.05, 3.63) is 36.4 Å². The molecule has 1 aliphatic heterocycles. The van der Waals surface area contributed by atoms with E-state index in [0.717, 1.165) is 17.9 Å². The van der Waals surface area contributed by atoms with Gasteiger partial charge in [0.2, 0.25) is 5.91 Å². The number of ether oxygens (including phenoxy) is 1. The zero-order chi connectivity index (χ0) is 13.2. The van der Waals surface area contributed by atoms with E-state index in [1.165, 1.54) is 0 Å². The number of carbonyl (C=O) groups excluding carboxylic acids is 1. The fourth-order valence-corrected chi connectivity index (χ4v) is 2.67. The molecule has 3 rings (SSSR count). The Morgan fingerprint density at radius 3 is 2.95 bits per heavy atom. The van der Waals surface area contributed by atoms with Gasteiger partial charge in [0.15, 0.2) is 0 Å². The molecule has 1 amide bonds. The number of nitrogens with zero attached hydrogens (tertiary/aromatic N) is 1. The summed E-state index contributed by atoms with van der Waals surface area (Å²) >= 11 is 0. The molecule has 4 heteroatoms. The molecule has 1 aromatic rings. The summed E-state index contributed by atoms with van der Waals surface area (Å²) in [6.07, 6.45) is 5.41. The third-order valence-corrected chi connectivity index (χ3v) is 3.64. The topological polar surface area (TPSA) is 55.6 Å². The number of carbonyl (C=O) groups is 1. The SMILES string of the molecule is NC1C=CC(C(=O)N2CCCOc3ccccc32)C1. The molecule has 0 radical (unpaired) electrons. The Morgan fingerprint density at radius 1 is 1.32 bits per heavy atom. The van der Waals surface area contributed by atoms with E-state index in [1.54, 1.807) is 0 Å². The minimum absolute atomic E-state index is 0.00687. The van der Waals surface area contributed by atoms with E-state index >= 15 is 0 Å². The number of rotatable bonds is 1. The lowest BCUT2D eigenvalue weighted by Crippen LogP contribution is -2.36. The molecule has 2 N–H and O–H groups in total. The molecule has 1 aliphatic carbocycles. The molecule has 1 heterocycles. The number of nitrogens with two attached hydrogens (primary N) is 1. The van der Waals surface area contributed by atoms with Crippen LogP contribution in [0, 0.1) is 5.92 Å². The van der Waals surface area contributed by atoms with Gasteiger partial charge in [-0.3, -0.25) is 4.79 Å². The summed E-state index contributed by atoms with van der Waals surface area (Å²) in [4.78, 5) is 14.5. The van der Waals surface area contributed by atoms with Crippen molar-refractivity contribution in [2.75, 3.05) is 18.1 Å². The molecule has 2 aliphatic rings. The van der Waals surface area contributed by atoms with Crippen molar-refractivity contribution < 1.29 is 9.53 Å². The zero-order valence-electron chi connectivity index (χ0n) is 10.8. The molecule has 4 nitrogen and oxygen atoms in total. The van der Waals surface area contributed by atoms with Crippen molar-refractivity contribution in [2.24, 2.45) is 11.7 Å². The van der Waals surface area contributed by atoms with E-state index in [-0.39, 0.29) is 17.9 Å². The van der Waals surface area contributed by atoms with Crippen LogP contribution in [0.15, 0.2) is 36.4 Å². The zero-order valence-corrected chi connectivity index (χ0v) is 10.8. The summed E-state index contributed by atoms with van der Waals surface area (Å²) in [5.41, 5.74) is 6.71. The maximum Gasteiger partial charge on any atom is 0.234 e. The molecule has 0 bridgehead atoms. The normalized spacial score (nSPS) is 25.6. The van der Waals surface area contributed by atoms with Gasteiger partial charge in [-0.1, -0.05) is 24.3 Å². The van der Waals surface area contributed by atoms with E-state index in [1.807, 2.05) is 41.3 Å². The van der Waals surface area contributed by atoms with E-state index in [2.05, 4.69) is 0 Å². The second-order valence-electron chi connectivity index (χ2n) is 5.05. The number of amides is 1. The lowest BCUT2D eigenvalue weighted by Gasteiger charge is -2.24. The van der Waals surface area contributed by atoms with Crippen molar-refractivity contribution in [3.8, 4) is 5.75 Å². The van der Waals surface area contributed by atoms with Gasteiger partial charge in [-0.15, -0.1) is 0 Å². The largest absolute Gasteiger partial charge is 0.491 e.